The first-order valence-corrected chi connectivity index (χ1v) is 12.1. The van der Waals surface area contributed by atoms with Gasteiger partial charge in [0.25, 0.3) is 0 Å². The molecule has 0 saturated heterocycles. The summed E-state index contributed by atoms with van der Waals surface area (Å²) in [7, 11) is 6.39. The first kappa shape index (κ1) is 22.6. The fourth-order valence-electron chi connectivity index (χ4n) is 4.03. The molecule has 0 bridgehead atoms. The molecule has 5 heteroatoms. The van der Waals surface area contributed by atoms with Gasteiger partial charge >= 0.3 is 0 Å². The summed E-state index contributed by atoms with van der Waals surface area (Å²) >= 11 is 13.4. The van der Waals surface area contributed by atoms with Crippen LogP contribution in [0.15, 0.2) is 48.5 Å². The summed E-state index contributed by atoms with van der Waals surface area (Å²) in [5, 5.41) is 0.780. The molecule has 0 unspecified atom stereocenters. The normalized spacial score (nSPS) is 19.3. The van der Waals surface area contributed by atoms with Gasteiger partial charge in [-0.25, -0.2) is 0 Å². The Balaban J connectivity index is 1.46. The second-order valence-corrected chi connectivity index (χ2v) is 10.3. The van der Waals surface area contributed by atoms with Crippen molar-refractivity contribution >= 4 is 39.9 Å². The van der Waals surface area contributed by atoms with Crippen molar-refractivity contribution in [3.63, 3.8) is 0 Å². The maximum absolute atomic E-state index is 5.97. The number of benzene rings is 2. The molecule has 1 saturated carbocycles. The van der Waals surface area contributed by atoms with Gasteiger partial charge in [-0.15, -0.1) is 0 Å². The van der Waals surface area contributed by atoms with Gasteiger partial charge in [-0.05, 0) is 74.5 Å². The second kappa shape index (κ2) is 10.8. The van der Waals surface area contributed by atoms with Gasteiger partial charge in [0.2, 0.25) is 0 Å². The standard InChI is InChI=1S/C24H31ClN2S2/c1-26(2)16-18-4-8-20(9-5-18)21-10-14-23(15-11-21)27(3)24(28)29-17-19-6-12-22(25)13-7-19/h4-9,12-13,21,23H,10-11,14-17H2,1-3H3. The van der Waals surface area contributed by atoms with E-state index < -0.39 is 0 Å². The quantitative estimate of drug-likeness (QED) is 0.462. The van der Waals surface area contributed by atoms with Crippen LogP contribution in [0.4, 0.5) is 0 Å². The second-order valence-electron chi connectivity index (χ2n) is 8.28. The minimum absolute atomic E-state index is 0.560. The third-order valence-corrected chi connectivity index (χ3v) is 7.66. The molecule has 2 aromatic carbocycles. The van der Waals surface area contributed by atoms with Crippen LogP contribution >= 0.6 is 35.6 Å². The van der Waals surface area contributed by atoms with Crippen LogP contribution in [0.5, 0.6) is 0 Å². The lowest BCUT2D eigenvalue weighted by Crippen LogP contribution is -2.37. The number of thioether (sulfide) groups is 1. The maximum atomic E-state index is 5.97. The topological polar surface area (TPSA) is 6.48 Å². The zero-order valence-corrected chi connectivity index (χ0v) is 20.0. The maximum Gasteiger partial charge on any atom is 0.136 e. The van der Waals surface area contributed by atoms with Crippen molar-refractivity contribution in [2.24, 2.45) is 0 Å². The van der Waals surface area contributed by atoms with Crippen molar-refractivity contribution in [1.82, 2.24) is 9.80 Å². The summed E-state index contributed by atoms with van der Waals surface area (Å²) in [6.45, 7) is 1.00. The molecule has 156 valence electrons. The van der Waals surface area contributed by atoms with Crippen LogP contribution in [-0.2, 0) is 12.3 Å². The van der Waals surface area contributed by atoms with E-state index in [0.29, 0.717) is 12.0 Å². The number of thiocarbonyl (C=S) groups is 1. The van der Waals surface area contributed by atoms with Crippen molar-refractivity contribution in [3.05, 3.63) is 70.2 Å². The Bertz CT molecular complexity index is 782. The SMILES string of the molecule is CN(C)Cc1ccc(C2CCC(N(C)C(=S)SCc3ccc(Cl)cc3)CC2)cc1. The summed E-state index contributed by atoms with van der Waals surface area (Å²) in [6, 6.07) is 17.8. The molecule has 0 radical (unpaired) electrons. The van der Waals surface area contributed by atoms with Crippen molar-refractivity contribution in [2.75, 3.05) is 21.1 Å². The molecule has 1 aliphatic rings. The van der Waals surface area contributed by atoms with Gasteiger partial charge in [0, 0.05) is 30.4 Å². The lowest BCUT2D eigenvalue weighted by Gasteiger charge is -2.36. The van der Waals surface area contributed by atoms with Crippen LogP contribution in [0.3, 0.4) is 0 Å². The minimum Gasteiger partial charge on any atom is -0.358 e. The van der Waals surface area contributed by atoms with E-state index in [1.165, 1.54) is 42.4 Å². The van der Waals surface area contributed by atoms with Crippen molar-refractivity contribution in [1.29, 1.82) is 0 Å². The monoisotopic (exact) mass is 446 g/mol. The van der Waals surface area contributed by atoms with E-state index in [4.69, 9.17) is 23.8 Å². The lowest BCUT2D eigenvalue weighted by molar-refractivity contribution is 0.267. The van der Waals surface area contributed by atoms with Crippen LogP contribution in [0.1, 0.15) is 48.3 Å². The van der Waals surface area contributed by atoms with Crippen molar-refractivity contribution < 1.29 is 0 Å². The first-order chi connectivity index (χ1) is 13.9. The zero-order chi connectivity index (χ0) is 20.8. The minimum atomic E-state index is 0.560. The molecule has 0 N–H and O–H groups in total. The number of hydrogen-bond donors (Lipinski definition) is 0. The van der Waals surface area contributed by atoms with E-state index in [1.807, 2.05) is 12.1 Å². The van der Waals surface area contributed by atoms with Gasteiger partial charge in [0.15, 0.2) is 0 Å². The summed E-state index contributed by atoms with van der Waals surface area (Å²) in [5.74, 6) is 1.58. The van der Waals surface area contributed by atoms with Crippen LogP contribution in [0.25, 0.3) is 0 Å². The predicted octanol–water partition coefficient (Wildman–Crippen LogP) is 6.58. The molecule has 2 nitrogen and oxygen atoms in total. The molecular weight excluding hydrogens is 416 g/mol. The molecule has 0 aliphatic heterocycles. The molecule has 0 heterocycles. The van der Waals surface area contributed by atoms with Gasteiger partial charge in [0.05, 0.1) is 0 Å². The molecule has 1 fully saturated rings. The van der Waals surface area contributed by atoms with Crippen LogP contribution in [-0.4, -0.2) is 41.3 Å². The Morgan fingerprint density at radius 1 is 0.931 bits per heavy atom. The molecule has 3 rings (SSSR count). The third kappa shape index (κ3) is 6.71. The van der Waals surface area contributed by atoms with Crippen LogP contribution in [0.2, 0.25) is 5.02 Å². The number of halogens is 1. The molecule has 0 amide bonds. The highest BCUT2D eigenvalue weighted by atomic mass is 35.5. The van der Waals surface area contributed by atoms with Gasteiger partial charge in [-0.2, -0.15) is 0 Å². The molecule has 1 aliphatic carbocycles. The molecule has 2 aromatic rings. The summed E-state index contributed by atoms with van der Waals surface area (Å²) < 4.78 is 0.997. The van der Waals surface area contributed by atoms with E-state index >= 15 is 0 Å². The summed E-state index contributed by atoms with van der Waals surface area (Å²) in [4.78, 5) is 4.54. The fourth-order valence-corrected chi connectivity index (χ4v) is 5.32. The molecular formula is C24H31ClN2S2. The Morgan fingerprint density at radius 2 is 1.52 bits per heavy atom. The third-order valence-electron chi connectivity index (χ3n) is 5.76. The van der Waals surface area contributed by atoms with Gasteiger partial charge in [-0.1, -0.05) is 72.0 Å². The highest BCUT2D eigenvalue weighted by Gasteiger charge is 2.26. The average molecular weight is 447 g/mol. The Labute approximate surface area is 190 Å². The van der Waals surface area contributed by atoms with E-state index in [0.717, 1.165) is 21.6 Å². The molecule has 29 heavy (non-hydrogen) atoms. The Hall–Kier alpha value is -1.07. The van der Waals surface area contributed by atoms with Crippen LogP contribution < -0.4 is 0 Å². The number of rotatable bonds is 6. The molecule has 0 atom stereocenters. The largest absolute Gasteiger partial charge is 0.358 e. The van der Waals surface area contributed by atoms with E-state index in [9.17, 15) is 0 Å². The average Bonchev–Trinajstić information content (AvgIpc) is 2.73. The van der Waals surface area contributed by atoms with E-state index in [2.05, 4.69) is 67.3 Å². The van der Waals surface area contributed by atoms with Gasteiger partial charge in [0.1, 0.15) is 4.32 Å². The summed E-state index contributed by atoms with van der Waals surface area (Å²) in [5.41, 5.74) is 4.14. The Kier molecular flexibility index (Phi) is 8.43. The number of nitrogens with zero attached hydrogens (tertiary/aromatic N) is 2. The fraction of sp³-hybridized carbons (Fsp3) is 0.458. The molecule has 0 spiro atoms. The first-order valence-electron chi connectivity index (χ1n) is 10.3. The van der Waals surface area contributed by atoms with E-state index in [1.54, 1.807) is 11.8 Å². The lowest BCUT2D eigenvalue weighted by atomic mass is 9.81. The smallest absolute Gasteiger partial charge is 0.136 e. The zero-order valence-electron chi connectivity index (χ0n) is 17.6. The van der Waals surface area contributed by atoms with Crippen LogP contribution in [0, 0.1) is 0 Å². The van der Waals surface area contributed by atoms with Crippen molar-refractivity contribution in [2.45, 2.75) is 49.9 Å². The highest BCUT2D eigenvalue weighted by molar-refractivity contribution is 8.22. The van der Waals surface area contributed by atoms with E-state index in [-0.39, 0.29) is 0 Å². The Morgan fingerprint density at radius 3 is 2.10 bits per heavy atom. The van der Waals surface area contributed by atoms with Gasteiger partial charge in [-0.3, -0.25) is 0 Å². The van der Waals surface area contributed by atoms with Gasteiger partial charge < -0.3 is 9.80 Å². The summed E-state index contributed by atoms with van der Waals surface area (Å²) in [6.07, 6.45) is 4.91. The van der Waals surface area contributed by atoms with Crippen molar-refractivity contribution in [3.8, 4) is 0 Å². The number of hydrogen-bond acceptors (Lipinski definition) is 3. The predicted molar refractivity (Wildman–Crippen MR) is 132 cm³/mol. The highest BCUT2D eigenvalue weighted by Crippen LogP contribution is 2.35. The molecule has 0 aromatic heterocycles.